The number of carbonyl (C=O) groups is 2. The fraction of sp³-hybridized carbons (Fsp3) is 0.167. The third kappa shape index (κ3) is 6.34. The molecule has 0 spiro atoms. The van der Waals surface area contributed by atoms with Crippen molar-refractivity contribution in [1.29, 1.82) is 0 Å². The molecule has 0 unspecified atom stereocenters. The Labute approximate surface area is 161 Å². The Bertz CT molecular complexity index is 825. The number of thiocarbonyl (C=S) groups is 1. The Hall–Kier alpha value is -2.64. The number of nitrogens with one attached hydrogen (secondary N) is 3. The van der Waals surface area contributed by atoms with Crippen molar-refractivity contribution in [1.82, 2.24) is 5.32 Å². The summed E-state index contributed by atoms with van der Waals surface area (Å²) in [7, 11) is 0. The van der Waals surface area contributed by atoms with Gasteiger partial charge in [0.05, 0.1) is 0 Å². The third-order valence-electron chi connectivity index (χ3n) is 3.21. The van der Waals surface area contributed by atoms with Gasteiger partial charge in [0.1, 0.15) is 5.75 Å². The highest BCUT2D eigenvalue weighted by molar-refractivity contribution is 7.80. The van der Waals surface area contributed by atoms with Crippen molar-refractivity contribution in [2.24, 2.45) is 0 Å². The van der Waals surface area contributed by atoms with E-state index in [1.807, 2.05) is 6.92 Å². The monoisotopic (exact) mass is 391 g/mol. The van der Waals surface area contributed by atoms with Crippen molar-refractivity contribution in [3.8, 4) is 5.75 Å². The zero-order chi connectivity index (χ0) is 19.1. The number of rotatable bonds is 5. The Morgan fingerprint density at radius 2 is 1.69 bits per heavy atom. The van der Waals surface area contributed by atoms with Gasteiger partial charge in [-0.2, -0.15) is 0 Å². The van der Waals surface area contributed by atoms with Crippen LogP contribution in [0.4, 0.5) is 11.4 Å². The smallest absolute Gasteiger partial charge is 0.264 e. The second-order valence-corrected chi connectivity index (χ2v) is 6.30. The van der Waals surface area contributed by atoms with E-state index in [2.05, 4.69) is 16.0 Å². The third-order valence-corrected chi connectivity index (χ3v) is 3.65. The molecule has 2 aromatic carbocycles. The normalized spacial score (nSPS) is 9.96. The van der Waals surface area contributed by atoms with Gasteiger partial charge in [-0.15, -0.1) is 0 Å². The number of hydrogen-bond acceptors (Lipinski definition) is 4. The fourth-order valence-electron chi connectivity index (χ4n) is 2.08. The quantitative estimate of drug-likeness (QED) is 0.680. The van der Waals surface area contributed by atoms with Crippen LogP contribution in [-0.2, 0) is 9.59 Å². The van der Waals surface area contributed by atoms with Crippen LogP contribution in [0.2, 0.25) is 5.02 Å². The molecule has 2 aromatic rings. The molecule has 2 rings (SSSR count). The fourth-order valence-corrected chi connectivity index (χ4v) is 2.54. The van der Waals surface area contributed by atoms with E-state index in [4.69, 9.17) is 28.6 Å². The van der Waals surface area contributed by atoms with Crippen molar-refractivity contribution in [3.63, 3.8) is 0 Å². The number of hydrogen-bond donors (Lipinski definition) is 3. The molecule has 0 radical (unpaired) electrons. The molecular weight excluding hydrogens is 374 g/mol. The van der Waals surface area contributed by atoms with Crippen molar-refractivity contribution < 1.29 is 14.3 Å². The molecule has 3 N–H and O–H groups in total. The van der Waals surface area contributed by atoms with Crippen molar-refractivity contribution in [2.75, 3.05) is 17.2 Å². The molecule has 0 aliphatic carbocycles. The Kier molecular flexibility index (Phi) is 6.94. The van der Waals surface area contributed by atoms with Crippen LogP contribution in [0.15, 0.2) is 42.5 Å². The molecule has 6 nitrogen and oxygen atoms in total. The Morgan fingerprint density at radius 1 is 1.08 bits per heavy atom. The number of benzene rings is 2. The van der Waals surface area contributed by atoms with Gasteiger partial charge in [0.25, 0.3) is 5.91 Å². The molecule has 0 aliphatic rings. The van der Waals surface area contributed by atoms with Gasteiger partial charge in [0.15, 0.2) is 11.7 Å². The summed E-state index contributed by atoms with van der Waals surface area (Å²) < 4.78 is 5.46. The molecule has 0 fully saturated rings. The summed E-state index contributed by atoms with van der Waals surface area (Å²) in [4.78, 5) is 22.9. The number of amides is 2. The minimum Gasteiger partial charge on any atom is -0.483 e. The minimum absolute atomic E-state index is 0.149. The van der Waals surface area contributed by atoms with Crippen LogP contribution in [0.3, 0.4) is 0 Å². The van der Waals surface area contributed by atoms with Crippen molar-refractivity contribution in [3.05, 3.63) is 53.1 Å². The molecule has 0 atom stereocenters. The van der Waals surface area contributed by atoms with E-state index in [1.165, 1.54) is 6.92 Å². The predicted molar refractivity (Wildman–Crippen MR) is 107 cm³/mol. The number of anilines is 2. The first-order valence-corrected chi connectivity index (χ1v) is 8.49. The summed E-state index contributed by atoms with van der Waals surface area (Å²) in [5.41, 5.74) is 2.19. The van der Waals surface area contributed by atoms with Gasteiger partial charge in [-0.05, 0) is 67.2 Å². The maximum atomic E-state index is 11.9. The summed E-state index contributed by atoms with van der Waals surface area (Å²) in [6.07, 6.45) is 0. The van der Waals surface area contributed by atoms with Crippen LogP contribution in [0, 0.1) is 6.92 Å². The van der Waals surface area contributed by atoms with Crippen LogP contribution < -0.4 is 20.7 Å². The van der Waals surface area contributed by atoms with E-state index in [0.29, 0.717) is 22.1 Å². The Morgan fingerprint density at radius 3 is 2.27 bits per heavy atom. The topological polar surface area (TPSA) is 79.5 Å². The van der Waals surface area contributed by atoms with Gasteiger partial charge in [-0.1, -0.05) is 11.6 Å². The first-order valence-electron chi connectivity index (χ1n) is 7.71. The SMILES string of the molecule is CC(=O)Nc1ccc(NC(=S)NC(=O)COc2ccc(Cl)cc2C)cc1. The number of ether oxygens (including phenoxy) is 1. The standard InChI is InChI=1S/C18H18ClN3O3S/c1-11-9-13(19)3-8-16(11)25-10-17(24)22-18(26)21-15-6-4-14(5-7-15)20-12(2)23/h3-9H,10H2,1-2H3,(H,20,23)(H2,21,22,24,26). The van der Waals surface area contributed by atoms with E-state index in [0.717, 1.165) is 5.56 Å². The predicted octanol–water partition coefficient (Wildman–Crippen LogP) is 3.50. The van der Waals surface area contributed by atoms with E-state index in [-0.39, 0.29) is 23.5 Å². The molecule has 0 aromatic heterocycles. The summed E-state index contributed by atoms with van der Waals surface area (Å²) in [5, 5.41) is 8.84. The van der Waals surface area contributed by atoms with Gasteiger partial charge in [0, 0.05) is 23.3 Å². The lowest BCUT2D eigenvalue weighted by Crippen LogP contribution is -2.37. The van der Waals surface area contributed by atoms with Gasteiger partial charge in [-0.3, -0.25) is 14.9 Å². The highest BCUT2D eigenvalue weighted by atomic mass is 35.5. The lowest BCUT2D eigenvalue weighted by molar-refractivity contribution is -0.121. The van der Waals surface area contributed by atoms with E-state index < -0.39 is 0 Å². The number of aryl methyl sites for hydroxylation is 1. The molecule has 136 valence electrons. The molecule has 0 saturated heterocycles. The molecule has 26 heavy (non-hydrogen) atoms. The van der Waals surface area contributed by atoms with E-state index >= 15 is 0 Å². The molecule has 2 amide bonds. The highest BCUT2D eigenvalue weighted by Gasteiger charge is 2.08. The van der Waals surface area contributed by atoms with E-state index in [9.17, 15) is 9.59 Å². The molecule has 0 heterocycles. The first kappa shape index (κ1) is 19.7. The largest absolute Gasteiger partial charge is 0.483 e. The number of halogens is 1. The molecule has 8 heteroatoms. The molecule has 0 aliphatic heterocycles. The molecular formula is C18H18ClN3O3S. The van der Waals surface area contributed by atoms with Gasteiger partial charge < -0.3 is 15.4 Å². The van der Waals surface area contributed by atoms with Crippen molar-refractivity contribution in [2.45, 2.75) is 13.8 Å². The second kappa shape index (κ2) is 9.17. The van der Waals surface area contributed by atoms with Crippen molar-refractivity contribution >= 4 is 52.1 Å². The van der Waals surface area contributed by atoms with Crippen LogP contribution in [-0.4, -0.2) is 23.5 Å². The summed E-state index contributed by atoms with van der Waals surface area (Å²) in [6.45, 7) is 3.10. The minimum atomic E-state index is -0.383. The summed E-state index contributed by atoms with van der Waals surface area (Å²) >= 11 is 11.0. The lowest BCUT2D eigenvalue weighted by Gasteiger charge is -2.12. The van der Waals surface area contributed by atoms with Crippen LogP contribution in [0.25, 0.3) is 0 Å². The second-order valence-electron chi connectivity index (χ2n) is 5.46. The average Bonchev–Trinajstić information content (AvgIpc) is 2.55. The van der Waals surface area contributed by atoms with Gasteiger partial charge in [-0.25, -0.2) is 0 Å². The maximum absolute atomic E-state index is 11.9. The van der Waals surface area contributed by atoms with Crippen LogP contribution in [0.5, 0.6) is 5.75 Å². The Balaban J connectivity index is 1.81. The average molecular weight is 392 g/mol. The molecule has 0 bridgehead atoms. The van der Waals surface area contributed by atoms with Gasteiger partial charge >= 0.3 is 0 Å². The summed E-state index contributed by atoms with van der Waals surface area (Å²) in [5.74, 6) is 0.0492. The zero-order valence-corrected chi connectivity index (χ0v) is 15.8. The lowest BCUT2D eigenvalue weighted by atomic mass is 10.2. The van der Waals surface area contributed by atoms with Gasteiger partial charge in [0.2, 0.25) is 5.91 Å². The van der Waals surface area contributed by atoms with E-state index in [1.54, 1.807) is 42.5 Å². The zero-order valence-electron chi connectivity index (χ0n) is 14.3. The molecule has 0 saturated carbocycles. The number of carbonyl (C=O) groups excluding carboxylic acids is 2. The highest BCUT2D eigenvalue weighted by Crippen LogP contribution is 2.21. The van der Waals surface area contributed by atoms with Crippen LogP contribution in [0.1, 0.15) is 12.5 Å². The first-order chi connectivity index (χ1) is 12.3. The maximum Gasteiger partial charge on any atom is 0.264 e. The van der Waals surface area contributed by atoms with Crippen LogP contribution >= 0.6 is 23.8 Å². The summed E-state index contributed by atoms with van der Waals surface area (Å²) in [6, 6.07) is 12.1.